The number of rotatable bonds is 3. The van der Waals surface area contributed by atoms with Crippen LogP contribution in [0.2, 0.25) is 0 Å². The first-order chi connectivity index (χ1) is 11.1. The van der Waals surface area contributed by atoms with Crippen LogP contribution in [0.15, 0.2) is 18.2 Å². The third-order valence-corrected chi connectivity index (χ3v) is 4.11. The smallest absolute Gasteiger partial charge is 0.408 e. The Labute approximate surface area is 140 Å². The van der Waals surface area contributed by atoms with Crippen LogP contribution in [-0.2, 0) is 0 Å². The van der Waals surface area contributed by atoms with Crippen LogP contribution in [-0.4, -0.2) is 45.7 Å². The number of nitro groups is 1. The molecule has 2 rings (SSSR count). The minimum absolute atomic E-state index is 0.132. The molecule has 0 bridgehead atoms. The zero-order chi connectivity index (χ0) is 18.1. The summed E-state index contributed by atoms with van der Waals surface area (Å²) in [4.78, 5) is 25.2. The molecule has 1 heterocycles. The van der Waals surface area contributed by atoms with E-state index in [0.29, 0.717) is 25.2 Å². The van der Waals surface area contributed by atoms with E-state index >= 15 is 0 Å². The topological polar surface area (TPSA) is 111 Å². The standard InChI is InChI=1S/C16H20N4O4/c1-16(2,3)19(15(21)22)13-6-7-18(10-13)14-5-4-12(20(23)24)8-11(14)9-17/h4-5,8,13H,6-7,10H2,1-3H3,(H,21,22)/t13-/m0/s1. The van der Waals surface area contributed by atoms with Crippen molar-refractivity contribution >= 4 is 17.5 Å². The Morgan fingerprint density at radius 3 is 2.67 bits per heavy atom. The lowest BCUT2D eigenvalue weighted by atomic mass is 10.0. The SMILES string of the molecule is CC(C)(C)N(C(=O)O)[C@H]1CCN(c2ccc([N+](=O)[O-])cc2C#N)C1. The maximum Gasteiger partial charge on any atom is 0.408 e. The summed E-state index contributed by atoms with van der Waals surface area (Å²) in [6.45, 7) is 6.58. The number of hydrogen-bond donors (Lipinski definition) is 1. The van der Waals surface area contributed by atoms with Crippen molar-refractivity contribution in [2.45, 2.75) is 38.8 Å². The monoisotopic (exact) mass is 332 g/mol. The van der Waals surface area contributed by atoms with Gasteiger partial charge in [-0.2, -0.15) is 5.26 Å². The van der Waals surface area contributed by atoms with Crippen LogP contribution in [0.1, 0.15) is 32.8 Å². The number of carboxylic acid groups (broad SMARTS) is 1. The first-order valence-electron chi connectivity index (χ1n) is 7.61. The molecule has 1 atom stereocenters. The summed E-state index contributed by atoms with van der Waals surface area (Å²) >= 11 is 0. The van der Waals surface area contributed by atoms with E-state index in [9.17, 15) is 25.3 Å². The predicted octanol–water partition coefficient (Wildman–Crippen LogP) is 2.82. The van der Waals surface area contributed by atoms with Gasteiger partial charge in [0, 0.05) is 30.8 Å². The molecule has 1 saturated heterocycles. The molecular formula is C16H20N4O4. The molecule has 0 radical (unpaired) electrons. The summed E-state index contributed by atoms with van der Waals surface area (Å²) in [5, 5.41) is 29.6. The van der Waals surface area contributed by atoms with Gasteiger partial charge in [-0.1, -0.05) is 0 Å². The van der Waals surface area contributed by atoms with Gasteiger partial charge in [0.15, 0.2) is 0 Å². The molecule has 1 N–H and O–H groups in total. The molecule has 24 heavy (non-hydrogen) atoms. The van der Waals surface area contributed by atoms with Gasteiger partial charge in [-0.3, -0.25) is 15.0 Å². The average Bonchev–Trinajstić information content (AvgIpc) is 2.93. The first kappa shape index (κ1) is 17.5. The van der Waals surface area contributed by atoms with Gasteiger partial charge < -0.3 is 10.0 Å². The van der Waals surface area contributed by atoms with Crippen molar-refractivity contribution in [3.05, 3.63) is 33.9 Å². The fourth-order valence-electron chi connectivity index (χ4n) is 3.17. The predicted molar refractivity (Wildman–Crippen MR) is 88.0 cm³/mol. The van der Waals surface area contributed by atoms with Crippen LogP contribution < -0.4 is 4.90 Å². The van der Waals surface area contributed by atoms with Crippen LogP contribution in [0.5, 0.6) is 0 Å². The van der Waals surface area contributed by atoms with Crippen LogP contribution in [0.4, 0.5) is 16.2 Å². The third kappa shape index (κ3) is 3.40. The molecule has 1 aliphatic heterocycles. The van der Waals surface area contributed by atoms with Gasteiger partial charge in [0.25, 0.3) is 5.69 Å². The molecule has 0 spiro atoms. The van der Waals surface area contributed by atoms with E-state index in [0.717, 1.165) is 0 Å². The largest absolute Gasteiger partial charge is 0.465 e. The Bertz CT molecular complexity index is 705. The highest BCUT2D eigenvalue weighted by Gasteiger charge is 2.37. The van der Waals surface area contributed by atoms with Crippen molar-refractivity contribution in [2.75, 3.05) is 18.0 Å². The van der Waals surface area contributed by atoms with Crippen molar-refractivity contribution in [1.29, 1.82) is 5.26 Å². The lowest BCUT2D eigenvalue weighted by Crippen LogP contribution is -2.52. The van der Waals surface area contributed by atoms with Crippen molar-refractivity contribution < 1.29 is 14.8 Å². The highest BCUT2D eigenvalue weighted by Crippen LogP contribution is 2.31. The highest BCUT2D eigenvalue weighted by atomic mass is 16.6. The number of anilines is 1. The molecule has 0 aromatic heterocycles. The van der Waals surface area contributed by atoms with Crippen LogP contribution >= 0.6 is 0 Å². The number of nitriles is 1. The highest BCUT2D eigenvalue weighted by molar-refractivity contribution is 5.68. The van der Waals surface area contributed by atoms with E-state index in [1.54, 1.807) is 6.07 Å². The fraction of sp³-hybridized carbons (Fsp3) is 0.500. The van der Waals surface area contributed by atoms with Crippen LogP contribution in [0, 0.1) is 21.4 Å². The number of nitrogens with zero attached hydrogens (tertiary/aromatic N) is 4. The average molecular weight is 332 g/mol. The number of amides is 1. The van der Waals surface area contributed by atoms with E-state index in [4.69, 9.17) is 0 Å². The second-order valence-corrected chi connectivity index (χ2v) is 6.78. The molecule has 8 heteroatoms. The van der Waals surface area contributed by atoms with E-state index < -0.39 is 16.6 Å². The molecule has 0 saturated carbocycles. The zero-order valence-corrected chi connectivity index (χ0v) is 13.9. The molecule has 8 nitrogen and oxygen atoms in total. The minimum Gasteiger partial charge on any atom is -0.465 e. The number of hydrogen-bond acceptors (Lipinski definition) is 5. The lowest BCUT2D eigenvalue weighted by molar-refractivity contribution is -0.384. The summed E-state index contributed by atoms with van der Waals surface area (Å²) in [5.41, 5.74) is 0.167. The molecule has 1 aromatic carbocycles. The Morgan fingerprint density at radius 1 is 1.50 bits per heavy atom. The second kappa shape index (κ2) is 6.35. The quantitative estimate of drug-likeness (QED) is 0.673. The summed E-state index contributed by atoms with van der Waals surface area (Å²) in [6.07, 6.45) is -0.329. The van der Waals surface area contributed by atoms with E-state index in [-0.39, 0.29) is 17.3 Å². The first-order valence-corrected chi connectivity index (χ1v) is 7.61. The number of benzene rings is 1. The van der Waals surface area contributed by atoms with Crippen molar-refractivity contribution in [2.24, 2.45) is 0 Å². The Morgan fingerprint density at radius 2 is 2.17 bits per heavy atom. The Balaban J connectivity index is 2.26. The molecule has 0 unspecified atom stereocenters. The minimum atomic E-state index is -0.974. The normalized spacial score (nSPS) is 17.4. The number of non-ortho nitro benzene ring substituents is 1. The summed E-state index contributed by atoms with van der Waals surface area (Å²) < 4.78 is 0. The Hall–Kier alpha value is -2.82. The van der Waals surface area contributed by atoms with Crippen molar-refractivity contribution in [3.63, 3.8) is 0 Å². The maximum absolute atomic E-state index is 11.6. The summed E-state index contributed by atoms with van der Waals surface area (Å²) in [5.74, 6) is 0. The van der Waals surface area contributed by atoms with Gasteiger partial charge in [-0.15, -0.1) is 0 Å². The van der Waals surface area contributed by atoms with Crippen LogP contribution in [0.25, 0.3) is 0 Å². The van der Waals surface area contributed by atoms with Crippen molar-refractivity contribution in [1.82, 2.24) is 4.90 Å². The lowest BCUT2D eigenvalue weighted by Gasteiger charge is -2.38. The third-order valence-electron chi connectivity index (χ3n) is 4.11. The molecule has 1 amide bonds. The molecule has 1 fully saturated rings. The van der Waals surface area contributed by atoms with Crippen LogP contribution in [0.3, 0.4) is 0 Å². The van der Waals surface area contributed by atoms with Gasteiger partial charge in [-0.25, -0.2) is 4.79 Å². The van der Waals surface area contributed by atoms with E-state index in [1.165, 1.54) is 17.0 Å². The van der Waals surface area contributed by atoms with Gasteiger partial charge in [0.05, 0.1) is 22.2 Å². The molecular weight excluding hydrogens is 312 g/mol. The molecule has 128 valence electrons. The second-order valence-electron chi connectivity index (χ2n) is 6.78. The summed E-state index contributed by atoms with van der Waals surface area (Å²) in [6, 6.07) is 5.97. The van der Waals surface area contributed by atoms with Gasteiger partial charge in [0.1, 0.15) is 6.07 Å². The van der Waals surface area contributed by atoms with Gasteiger partial charge in [0.2, 0.25) is 0 Å². The van der Waals surface area contributed by atoms with E-state index in [2.05, 4.69) is 0 Å². The van der Waals surface area contributed by atoms with Crippen molar-refractivity contribution in [3.8, 4) is 6.07 Å². The van der Waals surface area contributed by atoms with Gasteiger partial charge in [-0.05, 0) is 33.3 Å². The maximum atomic E-state index is 11.6. The number of nitro benzene ring substituents is 1. The molecule has 1 aromatic rings. The van der Waals surface area contributed by atoms with E-state index in [1.807, 2.05) is 31.7 Å². The fourth-order valence-corrected chi connectivity index (χ4v) is 3.17. The number of carbonyl (C=O) groups is 1. The Kier molecular flexibility index (Phi) is 4.64. The molecule has 1 aliphatic rings. The zero-order valence-electron chi connectivity index (χ0n) is 13.9. The summed E-state index contributed by atoms with van der Waals surface area (Å²) in [7, 11) is 0. The van der Waals surface area contributed by atoms with Gasteiger partial charge >= 0.3 is 6.09 Å². The molecule has 0 aliphatic carbocycles.